The predicted molar refractivity (Wildman–Crippen MR) is 62.8 cm³/mol. The number of methoxy groups -OCH3 is 1. The molecule has 0 radical (unpaired) electrons. The Bertz CT molecular complexity index is 410. The van der Waals surface area contributed by atoms with Crippen LogP contribution in [0.5, 0.6) is 11.5 Å². The van der Waals surface area contributed by atoms with Gasteiger partial charge in [-0.25, -0.2) is 0 Å². The predicted octanol–water partition coefficient (Wildman–Crippen LogP) is 1.25. The average Bonchev–Trinajstić information content (AvgIpc) is 2.34. The van der Waals surface area contributed by atoms with Crippen molar-refractivity contribution in [2.24, 2.45) is 0 Å². The Morgan fingerprint density at radius 1 is 1.41 bits per heavy atom. The van der Waals surface area contributed by atoms with Gasteiger partial charge in [-0.15, -0.1) is 0 Å². The summed E-state index contributed by atoms with van der Waals surface area (Å²) in [6.07, 6.45) is 3.33. The highest BCUT2D eigenvalue weighted by Gasteiger charge is 2.03. The lowest BCUT2D eigenvalue weighted by molar-refractivity contribution is -0.297. The molecule has 0 N–H and O–H groups in total. The Morgan fingerprint density at radius 3 is 2.76 bits per heavy atom. The van der Waals surface area contributed by atoms with Crippen LogP contribution in [0.25, 0.3) is 6.08 Å². The third-order valence-electron chi connectivity index (χ3n) is 2.06. The van der Waals surface area contributed by atoms with Crippen molar-refractivity contribution >= 4 is 12.0 Å². The Morgan fingerprint density at radius 2 is 2.18 bits per heavy atom. The lowest BCUT2D eigenvalue weighted by Crippen LogP contribution is -2.18. The second-order valence-electron chi connectivity index (χ2n) is 3.41. The highest BCUT2D eigenvalue weighted by atomic mass is 16.5. The van der Waals surface area contributed by atoms with Crippen molar-refractivity contribution in [1.82, 2.24) is 0 Å². The van der Waals surface area contributed by atoms with Gasteiger partial charge < -0.3 is 19.4 Å². The molecule has 1 aromatic carbocycles. The van der Waals surface area contributed by atoms with Crippen molar-refractivity contribution in [3.8, 4) is 11.5 Å². The summed E-state index contributed by atoms with van der Waals surface area (Å²) in [6, 6.07) is 5.22. The Balaban J connectivity index is 2.87. The lowest BCUT2D eigenvalue weighted by atomic mass is 10.2. The van der Waals surface area contributed by atoms with Gasteiger partial charge >= 0.3 is 0 Å². The molecule has 1 rings (SSSR count). The number of carbonyl (C=O) groups excluding carboxylic acids is 1. The van der Waals surface area contributed by atoms with Crippen molar-refractivity contribution in [2.75, 3.05) is 13.7 Å². The van der Waals surface area contributed by atoms with E-state index < -0.39 is 5.97 Å². The zero-order valence-electron chi connectivity index (χ0n) is 9.93. The van der Waals surface area contributed by atoms with Gasteiger partial charge in [0.2, 0.25) is 0 Å². The summed E-state index contributed by atoms with van der Waals surface area (Å²) in [6.45, 7) is 2.63. The van der Waals surface area contributed by atoms with Gasteiger partial charge in [-0.2, -0.15) is 0 Å². The summed E-state index contributed by atoms with van der Waals surface area (Å²) in [4.78, 5) is 10.3. The molecule has 0 aliphatic rings. The van der Waals surface area contributed by atoms with E-state index in [1.807, 2.05) is 6.92 Å². The van der Waals surface area contributed by atoms with Gasteiger partial charge in [-0.1, -0.05) is 19.1 Å². The lowest BCUT2D eigenvalue weighted by Gasteiger charge is -2.10. The summed E-state index contributed by atoms with van der Waals surface area (Å²) in [5.41, 5.74) is 0.717. The zero-order valence-corrected chi connectivity index (χ0v) is 9.93. The topological polar surface area (TPSA) is 58.6 Å². The van der Waals surface area contributed by atoms with Crippen molar-refractivity contribution in [2.45, 2.75) is 13.3 Å². The maximum atomic E-state index is 10.3. The molecule has 0 fully saturated rings. The molecule has 4 nitrogen and oxygen atoms in total. The van der Waals surface area contributed by atoms with Crippen molar-refractivity contribution in [1.29, 1.82) is 0 Å². The molecule has 92 valence electrons. The van der Waals surface area contributed by atoms with Gasteiger partial charge in [0.25, 0.3) is 0 Å². The van der Waals surface area contributed by atoms with Crippen LogP contribution in [-0.2, 0) is 4.79 Å². The zero-order chi connectivity index (χ0) is 12.7. The van der Waals surface area contributed by atoms with E-state index in [1.165, 1.54) is 6.08 Å². The van der Waals surface area contributed by atoms with Crippen LogP contribution in [-0.4, -0.2) is 19.7 Å². The second-order valence-corrected chi connectivity index (χ2v) is 3.41. The van der Waals surface area contributed by atoms with Crippen molar-refractivity contribution in [3.05, 3.63) is 29.8 Å². The molecule has 0 saturated heterocycles. The molecule has 0 heterocycles. The standard InChI is InChI=1S/C13H16O4/c1-3-8-17-11-6-4-10(5-7-13(14)15)9-12(11)16-2/h4-7,9H,3,8H2,1-2H3,(H,14,15)/p-1/b7-5+. The van der Waals surface area contributed by atoms with Gasteiger partial charge in [0.05, 0.1) is 19.7 Å². The van der Waals surface area contributed by atoms with Gasteiger partial charge in [0, 0.05) is 0 Å². The fourth-order valence-corrected chi connectivity index (χ4v) is 1.28. The molecule has 0 atom stereocenters. The smallest absolute Gasteiger partial charge is 0.161 e. The number of carboxylic acid groups (broad SMARTS) is 1. The molecule has 0 saturated carbocycles. The van der Waals surface area contributed by atoms with Crippen LogP contribution in [0.15, 0.2) is 24.3 Å². The third-order valence-corrected chi connectivity index (χ3v) is 2.06. The van der Waals surface area contributed by atoms with Crippen LogP contribution >= 0.6 is 0 Å². The molecule has 4 heteroatoms. The fourth-order valence-electron chi connectivity index (χ4n) is 1.28. The number of hydrogen-bond donors (Lipinski definition) is 0. The quantitative estimate of drug-likeness (QED) is 0.696. The van der Waals surface area contributed by atoms with Crippen molar-refractivity contribution in [3.63, 3.8) is 0 Å². The molecule has 0 aromatic heterocycles. The van der Waals surface area contributed by atoms with Crippen LogP contribution < -0.4 is 14.6 Å². The van der Waals surface area contributed by atoms with E-state index >= 15 is 0 Å². The van der Waals surface area contributed by atoms with E-state index in [0.717, 1.165) is 18.1 Å². The SMILES string of the molecule is CCCOc1ccc(/C=C/C(=O)[O-])cc1OC. The molecular weight excluding hydrogens is 220 g/mol. The maximum absolute atomic E-state index is 10.3. The maximum Gasteiger partial charge on any atom is 0.161 e. The Labute approximate surface area is 100 Å². The average molecular weight is 235 g/mol. The van der Waals surface area contributed by atoms with E-state index in [2.05, 4.69) is 0 Å². The number of hydrogen-bond acceptors (Lipinski definition) is 4. The summed E-state index contributed by atoms with van der Waals surface area (Å²) in [7, 11) is 1.54. The van der Waals surface area contributed by atoms with Crippen LogP contribution in [0.2, 0.25) is 0 Å². The number of carboxylic acids is 1. The first-order chi connectivity index (χ1) is 8.17. The first-order valence-electron chi connectivity index (χ1n) is 5.37. The second kappa shape index (κ2) is 6.58. The number of carbonyl (C=O) groups is 1. The molecule has 0 spiro atoms. The Kier molecular flexibility index (Phi) is 5.07. The van der Waals surface area contributed by atoms with Gasteiger partial charge in [0.1, 0.15) is 0 Å². The van der Waals surface area contributed by atoms with Gasteiger partial charge in [-0.05, 0) is 30.2 Å². The summed E-state index contributed by atoms with van der Waals surface area (Å²) in [5.74, 6) is 0.00849. The van der Waals surface area contributed by atoms with Crippen molar-refractivity contribution < 1.29 is 19.4 Å². The van der Waals surface area contributed by atoms with Crippen LogP contribution in [0.4, 0.5) is 0 Å². The number of rotatable bonds is 6. The van der Waals surface area contributed by atoms with Crippen LogP contribution in [0.1, 0.15) is 18.9 Å². The monoisotopic (exact) mass is 235 g/mol. The van der Waals surface area contributed by atoms with E-state index in [-0.39, 0.29) is 0 Å². The number of benzene rings is 1. The molecule has 0 aliphatic heterocycles. The number of aliphatic carboxylic acids is 1. The minimum absolute atomic E-state index is 0.582. The molecule has 17 heavy (non-hydrogen) atoms. The molecule has 0 unspecified atom stereocenters. The minimum atomic E-state index is -1.23. The Hall–Kier alpha value is -1.97. The van der Waals surface area contributed by atoms with E-state index in [9.17, 15) is 9.90 Å². The van der Waals surface area contributed by atoms with E-state index in [4.69, 9.17) is 9.47 Å². The third kappa shape index (κ3) is 4.18. The molecule has 1 aromatic rings. The first kappa shape index (κ1) is 13.1. The first-order valence-corrected chi connectivity index (χ1v) is 5.37. The molecular formula is C13H15O4-. The highest BCUT2D eigenvalue weighted by molar-refractivity contribution is 5.83. The summed E-state index contributed by atoms with van der Waals surface area (Å²) in [5, 5.41) is 10.3. The minimum Gasteiger partial charge on any atom is -0.545 e. The molecule has 0 bridgehead atoms. The largest absolute Gasteiger partial charge is 0.545 e. The highest BCUT2D eigenvalue weighted by Crippen LogP contribution is 2.28. The van der Waals surface area contributed by atoms with Gasteiger partial charge in [-0.3, -0.25) is 0 Å². The van der Waals surface area contributed by atoms with E-state index in [1.54, 1.807) is 25.3 Å². The molecule has 0 aliphatic carbocycles. The van der Waals surface area contributed by atoms with Crippen LogP contribution in [0.3, 0.4) is 0 Å². The van der Waals surface area contributed by atoms with E-state index in [0.29, 0.717) is 18.1 Å². The fraction of sp³-hybridized carbons (Fsp3) is 0.308. The summed E-state index contributed by atoms with van der Waals surface area (Å²) >= 11 is 0. The normalized spacial score (nSPS) is 10.5. The number of ether oxygens (including phenoxy) is 2. The molecule has 0 amide bonds. The van der Waals surface area contributed by atoms with Crippen LogP contribution in [0, 0.1) is 0 Å². The summed E-state index contributed by atoms with van der Waals surface area (Å²) < 4.78 is 10.6. The van der Waals surface area contributed by atoms with Gasteiger partial charge in [0.15, 0.2) is 11.5 Å².